The third-order valence-electron chi connectivity index (χ3n) is 2.80. The van der Waals surface area contributed by atoms with Gasteiger partial charge < -0.3 is 10.4 Å². The minimum absolute atomic E-state index is 0.0101. The van der Waals surface area contributed by atoms with Crippen LogP contribution in [-0.2, 0) is 4.79 Å². The predicted molar refractivity (Wildman–Crippen MR) is 54.9 cm³/mol. The molecular formula is C10H20N2O2. The summed E-state index contributed by atoms with van der Waals surface area (Å²) in [5.74, 6) is 0.419. The maximum atomic E-state index is 10.6. The number of hydrogen-bond donors (Lipinski definition) is 2. The van der Waals surface area contributed by atoms with E-state index in [-0.39, 0.29) is 12.0 Å². The zero-order chi connectivity index (χ0) is 10.6. The topological polar surface area (TPSA) is 52.6 Å². The number of β-amino-alcohol motifs (C(OH)–C–C–N with tert-alkyl or cyclic N) is 1. The van der Waals surface area contributed by atoms with Crippen molar-refractivity contribution in [3.05, 3.63) is 0 Å². The molecule has 2 N–H and O–H groups in total. The quantitative estimate of drug-likeness (QED) is 0.665. The molecule has 0 aromatic rings. The number of aliphatic hydroxyl groups is 1. The number of amides is 1. The summed E-state index contributed by atoms with van der Waals surface area (Å²) in [7, 11) is 0. The zero-order valence-electron chi connectivity index (χ0n) is 8.99. The summed E-state index contributed by atoms with van der Waals surface area (Å²) >= 11 is 0. The smallest absolute Gasteiger partial charge is 0.216 e. The molecule has 1 rings (SSSR count). The van der Waals surface area contributed by atoms with Crippen LogP contribution in [0.15, 0.2) is 0 Å². The van der Waals surface area contributed by atoms with E-state index < -0.39 is 0 Å². The normalized spacial score (nSPS) is 28.8. The van der Waals surface area contributed by atoms with E-state index in [0.29, 0.717) is 12.5 Å². The molecule has 1 saturated heterocycles. The number of piperidine rings is 1. The van der Waals surface area contributed by atoms with Crippen LogP contribution in [0.2, 0.25) is 0 Å². The summed E-state index contributed by atoms with van der Waals surface area (Å²) in [4.78, 5) is 12.8. The van der Waals surface area contributed by atoms with Gasteiger partial charge in [-0.1, -0.05) is 6.92 Å². The number of aliphatic hydroxyl groups excluding tert-OH is 1. The summed E-state index contributed by atoms with van der Waals surface area (Å²) in [6, 6.07) is 0. The first-order valence-corrected chi connectivity index (χ1v) is 5.24. The highest BCUT2D eigenvalue weighted by Crippen LogP contribution is 2.16. The van der Waals surface area contributed by atoms with E-state index in [1.807, 2.05) is 0 Å². The van der Waals surface area contributed by atoms with Crippen LogP contribution in [0.3, 0.4) is 0 Å². The first-order valence-electron chi connectivity index (χ1n) is 5.24. The summed E-state index contributed by atoms with van der Waals surface area (Å²) in [6.45, 7) is 6.88. The minimum Gasteiger partial charge on any atom is -0.392 e. The average molecular weight is 200 g/mol. The fourth-order valence-corrected chi connectivity index (χ4v) is 1.71. The molecule has 1 aliphatic heterocycles. The van der Waals surface area contributed by atoms with Gasteiger partial charge >= 0.3 is 0 Å². The molecule has 0 radical (unpaired) electrons. The zero-order valence-corrected chi connectivity index (χ0v) is 8.99. The molecule has 2 atom stereocenters. The fraction of sp³-hybridized carbons (Fsp3) is 0.900. The molecule has 0 bridgehead atoms. The van der Waals surface area contributed by atoms with E-state index >= 15 is 0 Å². The highest BCUT2D eigenvalue weighted by atomic mass is 16.3. The molecule has 0 aromatic carbocycles. The maximum absolute atomic E-state index is 10.6. The number of carbonyl (C=O) groups is 1. The van der Waals surface area contributed by atoms with Crippen molar-refractivity contribution in [1.29, 1.82) is 0 Å². The average Bonchev–Trinajstić information content (AvgIpc) is 2.10. The SMILES string of the molecule is CC(=O)NCCN1CCC(C)C(O)C1. The molecule has 4 nitrogen and oxygen atoms in total. The standard InChI is InChI=1S/C10H20N2O2/c1-8-3-5-12(7-10(8)14)6-4-11-9(2)13/h8,10,14H,3-7H2,1-2H3,(H,11,13). The molecule has 2 unspecified atom stereocenters. The molecule has 1 amide bonds. The van der Waals surface area contributed by atoms with Crippen molar-refractivity contribution in [1.82, 2.24) is 10.2 Å². The molecule has 1 aliphatic rings. The van der Waals surface area contributed by atoms with E-state index in [0.717, 1.165) is 26.1 Å². The Labute approximate surface area is 85.3 Å². The lowest BCUT2D eigenvalue weighted by atomic mass is 9.96. The Morgan fingerprint density at radius 2 is 2.36 bits per heavy atom. The number of nitrogens with zero attached hydrogens (tertiary/aromatic N) is 1. The molecule has 82 valence electrons. The summed E-state index contributed by atoms with van der Waals surface area (Å²) < 4.78 is 0. The van der Waals surface area contributed by atoms with Gasteiger partial charge in [0.1, 0.15) is 0 Å². The molecule has 14 heavy (non-hydrogen) atoms. The van der Waals surface area contributed by atoms with Crippen LogP contribution < -0.4 is 5.32 Å². The van der Waals surface area contributed by atoms with E-state index in [1.165, 1.54) is 6.92 Å². The first kappa shape index (κ1) is 11.5. The Hall–Kier alpha value is -0.610. The summed E-state index contributed by atoms with van der Waals surface area (Å²) in [5, 5.41) is 12.4. The Balaban J connectivity index is 2.16. The molecule has 0 spiro atoms. The van der Waals surface area contributed by atoms with Crippen molar-refractivity contribution in [3.63, 3.8) is 0 Å². The summed E-state index contributed by atoms with van der Waals surface area (Å²) in [6.07, 6.45) is 0.836. The van der Waals surface area contributed by atoms with Crippen LogP contribution in [0.1, 0.15) is 20.3 Å². The van der Waals surface area contributed by atoms with Crippen LogP contribution in [0.4, 0.5) is 0 Å². The van der Waals surface area contributed by atoms with Gasteiger partial charge in [-0.3, -0.25) is 9.69 Å². The summed E-state index contributed by atoms with van der Waals surface area (Å²) in [5.41, 5.74) is 0. The Morgan fingerprint density at radius 3 is 2.93 bits per heavy atom. The molecule has 0 saturated carbocycles. The van der Waals surface area contributed by atoms with Gasteiger partial charge in [0.25, 0.3) is 0 Å². The maximum Gasteiger partial charge on any atom is 0.216 e. The third kappa shape index (κ3) is 3.64. The number of carbonyl (C=O) groups excluding carboxylic acids is 1. The Kier molecular flexibility index (Phi) is 4.35. The molecular weight excluding hydrogens is 180 g/mol. The molecule has 1 heterocycles. The van der Waals surface area contributed by atoms with Gasteiger partial charge in [0.2, 0.25) is 5.91 Å². The number of hydrogen-bond acceptors (Lipinski definition) is 3. The second-order valence-corrected chi connectivity index (χ2v) is 4.12. The van der Waals surface area contributed by atoms with E-state index in [9.17, 15) is 9.90 Å². The molecule has 4 heteroatoms. The van der Waals surface area contributed by atoms with Crippen molar-refractivity contribution in [2.24, 2.45) is 5.92 Å². The van der Waals surface area contributed by atoms with Gasteiger partial charge in [-0.05, 0) is 18.9 Å². The molecule has 0 aromatic heterocycles. The third-order valence-corrected chi connectivity index (χ3v) is 2.80. The van der Waals surface area contributed by atoms with Crippen LogP contribution >= 0.6 is 0 Å². The van der Waals surface area contributed by atoms with Crippen molar-refractivity contribution in [2.75, 3.05) is 26.2 Å². The van der Waals surface area contributed by atoms with E-state index in [2.05, 4.69) is 17.1 Å². The van der Waals surface area contributed by atoms with Gasteiger partial charge in [-0.2, -0.15) is 0 Å². The van der Waals surface area contributed by atoms with Crippen LogP contribution in [0.25, 0.3) is 0 Å². The van der Waals surface area contributed by atoms with Gasteiger partial charge in [0, 0.05) is 26.6 Å². The molecule has 0 aliphatic carbocycles. The van der Waals surface area contributed by atoms with Crippen molar-refractivity contribution >= 4 is 5.91 Å². The van der Waals surface area contributed by atoms with Crippen LogP contribution in [-0.4, -0.2) is 48.2 Å². The van der Waals surface area contributed by atoms with Gasteiger partial charge in [0.15, 0.2) is 0 Å². The highest BCUT2D eigenvalue weighted by Gasteiger charge is 2.23. The fourth-order valence-electron chi connectivity index (χ4n) is 1.71. The number of rotatable bonds is 3. The first-order chi connectivity index (χ1) is 6.59. The predicted octanol–water partition coefficient (Wildman–Crippen LogP) is -0.175. The van der Waals surface area contributed by atoms with E-state index in [1.54, 1.807) is 0 Å². The Morgan fingerprint density at radius 1 is 1.64 bits per heavy atom. The van der Waals surface area contributed by atoms with Crippen LogP contribution in [0.5, 0.6) is 0 Å². The van der Waals surface area contributed by atoms with Gasteiger partial charge in [-0.25, -0.2) is 0 Å². The lowest BCUT2D eigenvalue weighted by Crippen LogP contribution is -2.45. The van der Waals surface area contributed by atoms with Gasteiger partial charge in [-0.15, -0.1) is 0 Å². The second kappa shape index (κ2) is 5.32. The minimum atomic E-state index is -0.207. The lowest BCUT2D eigenvalue weighted by molar-refractivity contribution is -0.119. The van der Waals surface area contributed by atoms with Crippen LogP contribution in [0, 0.1) is 5.92 Å². The lowest BCUT2D eigenvalue weighted by Gasteiger charge is -2.34. The van der Waals surface area contributed by atoms with Crippen molar-refractivity contribution in [3.8, 4) is 0 Å². The molecule has 1 fully saturated rings. The Bertz CT molecular complexity index is 197. The second-order valence-electron chi connectivity index (χ2n) is 4.12. The van der Waals surface area contributed by atoms with Crippen molar-refractivity contribution in [2.45, 2.75) is 26.4 Å². The number of likely N-dealkylation sites (tertiary alicyclic amines) is 1. The van der Waals surface area contributed by atoms with E-state index in [4.69, 9.17) is 0 Å². The van der Waals surface area contributed by atoms with Crippen molar-refractivity contribution < 1.29 is 9.90 Å². The van der Waals surface area contributed by atoms with Gasteiger partial charge in [0.05, 0.1) is 6.10 Å². The number of nitrogens with one attached hydrogen (secondary N) is 1. The monoisotopic (exact) mass is 200 g/mol. The highest BCUT2D eigenvalue weighted by molar-refractivity contribution is 5.72. The largest absolute Gasteiger partial charge is 0.392 e.